The Kier molecular flexibility index (Phi) is 4.77. The standard InChI is InChI=1S/C17H18O3/c1-19-15-8-6-13(7-9-15)17(10-11-18)14-4-3-5-16(12-14)20-2/h3-9,11-12,17H,10H2,1-2H3. The molecule has 0 bridgehead atoms. The molecule has 0 aliphatic carbocycles. The third-order valence-electron chi connectivity index (χ3n) is 3.35. The van der Waals surface area contributed by atoms with E-state index in [0.29, 0.717) is 6.42 Å². The van der Waals surface area contributed by atoms with Crippen LogP contribution >= 0.6 is 0 Å². The lowest BCUT2D eigenvalue weighted by atomic mass is 9.89. The highest BCUT2D eigenvalue weighted by molar-refractivity contribution is 5.54. The molecule has 3 heteroatoms. The van der Waals surface area contributed by atoms with E-state index in [9.17, 15) is 4.79 Å². The van der Waals surface area contributed by atoms with Crippen LogP contribution in [0.2, 0.25) is 0 Å². The van der Waals surface area contributed by atoms with Crippen LogP contribution in [-0.2, 0) is 4.79 Å². The second kappa shape index (κ2) is 6.75. The van der Waals surface area contributed by atoms with Crippen LogP contribution in [-0.4, -0.2) is 20.5 Å². The van der Waals surface area contributed by atoms with Gasteiger partial charge in [0.15, 0.2) is 0 Å². The lowest BCUT2D eigenvalue weighted by Gasteiger charge is -2.16. The summed E-state index contributed by atoms with van der Waals surface area (Å²) in [6.07, 6.45) is 1.40. The molecule has 0 heterocycles. The van der Waals surface area contributed by atoms with Crippen molar-refractivity contribution in [3.63, 3.8) is 0 Å². The molecule has 0 fully saturated rings. The Balaban J connectivity index is 2.35. The number of carbonyl (C=O) groups excluding carboxylic acids is 1. The number of carbonyl (C=O) groups is 1. The van der Waals surface area contributed by atoms with E-state index in [-0.39, 0.29) is 5.92 Å². The Hall–Kier alpha value is -2.29. The van der Waals surface area contributed by atoms with Gasteiger partial charge < -0.3 is 14.3 Å². The topological polar surface area (TPSA) is 35.5 Å². The maximum absolute atomic E-state index is 11.0. The molecule has 2 aromatic carbocycles. The summed E-state index contributed by atoms with van der Waals surface area (Å²) in [4.78, 5) is 11.0. The first-order chi connectivity index (χ1) is 9.78. The quantitative estimate of drug-likeness (QED) is 0.754. The van der Waals surface area contributed by atoms with E-state index in [1.54, 1.807) is 14.2 Å². The number of benzene rings is 2. The minimum absolute atomic E-state index is 0.0357. The average Bonchev–Trinajstić information content (AvgIpc) is 2.53. The fourth-order valence-corrected chi connectivity index (χ4v) is 2.26. The molecule has 0 N–H and O–H groups in total. The number of rotatable bonds is 6. The number of methoxy groups -OCH3 is 2. The van der Waals surface area contributed by atoms with Crippen molar-refractivity contribution in [3.8, 4) is 11.5 Å². The normalized spacial score (nSPS) is 11.7. The van der Waals surface area contributed by atoms with Crippen molar-refractivity contribution in [2.24, 2.45) is 0 Å². The van der Waals surface area contributed by atoms with Crippen molar-refractivity contribution in [1.29, 1.82) is 0 Å². The number of hydrogen-bond acceptors (Lipinski definition) is 3. The van der Waals surface area contributed by atoms with Crippen LogP contribution in [0.5, 0.6) is 11.5 Å². The minimum Gasteiger partial charge on any atom is -0.497 e. The SMILES string of the molecule is COc1ccc(C(CC=O)c2cccc(OC)c2)cc1. The fraction of sp³-hybridized carbons (Fsp3) is 0.235. The maximum atomic E-state index is 11.0. The lowest BCUT2D eigenvalue weighted by molar-refractivity contribution is -0.108. The molecule has 2 aromatic rings. The van der Waals surface area contributed by atoms with E-state index in [4.69, 9.17) is 9.47 Å². The van der Waals surface area contributed by atoms with E-state index in [1.807, 2.05) is 48.5 Å². The van der Waals surface area contributed by atoms with Crippen LogP contribution in [0.3, 0.4) is 0 Å². The predicted octanol–water partition coefficient (Wildman–Crippen LogP) is 3.42. The van der Waals surface area contributed by atoms with Gasteiger partial charge in [-0.3, -0.25) is 0 Å². The van der Waals surface area contributed by atoms with Gasteiger partial charge in [0.05, 0.1) is 14.2 Å². The van der Waals surface area contributed by atoms with Gasteiger partial charge in [0, 0.05) is 12.3 Å². The molecule has 0 spiro atoms. The Morgan fingerprint density at radius 1 is 0.950 bits per heavy atom. The summed E-state index contributed by atoms with van der Waals surface area (Å²) < 4.78 is 10.4. The van der Waals surface area contributed by atoms with Gasteiger partial charge in [0.25, 0.3) is 0 Å². The largest absolute Gasteiger partial charge is 0.497 e. The molecule has 0 radical (unpaired) electrons. The van der Waals surface area contributed by atoms with Crippen molar-refractivity contribution in [2.45, 2.75) is 12.3 Å². The molecule has 104 valence electrons. The van der Waals surface area contributed by atoms with Gasteiger partial charge in [0.1, 0.15) is 17.8 Å². The molecule has 0 amide bonds. The summed E-state index contributed by atoms with van der Waals surface area (Å²) in [5.74, 6) is 1.64. The Labute approximate surface area is 119 Å². The van der Waals surface area contributed by atoms with E-state index in [1.165, 1.54) is 0 Å². The van der Waals surface area contributed by atoms with E-state index in [2.05, 4.69) is 0 Å². The zero-order chi connectivity index (χ0) is 14.4. The average molecular weight is 270 g/mol. The summed E-state index contributed by atoms with van der Waals surface area (Å²) in [6.45, 7) is 0. The minimum atomic E-state index is 0.0357. The van der Waals surface area contributed by atoms with Gasteiger partial charge in [-0.15, -0.1) is 0 Å². The van der Waals surface area contributed by atoms with Crippen LogP contribution in [0.15, 0.2) is 48.5 Å². The Bertz CT molecular complexity index is 561. The summed E-state index contributed by atoms with van der Waals surface area (Å²) >= 11 is 0. The molecule has 0 aromatic heterocycles. The second-order valence-electron chi connectivity index (χ2n) is 4.50. The zero-order valence-electron chi connectivity index (χ0n) is 11.7. The molecule has 1 atom stereocenters. The number of hydrogen-bond donors (Lipinski definition) is 0. The van der Waals surface area contributed by atoms with E-state index >= 15 is 0 Å². The molecule has 1 unspecified atom stereocenters. The lowest BCUT2D eigenvalue weighted by Crippen LogP contribution is -2.02. The van der Waals surface area contributed by atoms with Crippen LogP contribution in [0, 0.1) is 0 Å². The molecule has 0 saturated carbocycles. The van der Waals surface area contributed by atoms with Gasteiger partial charge in [-0.1, -0.05) is 24.3 Å². The Morgan fingerprint density at radius 2 is 1.65 bits per heavy atom. The van der Waals surface area contributed by atoms with Crippen molar-refractivity contribution in [2.75, 3.05) is 14.2 Å². The first kappa shape index (κ1) is 14.1. The molecule has 2 rings (SSSR count). The fourth-order valence-electron chi connectivity index (χ4n) is 2.26. The van der Waals surface area contributed by atoms with Crippen molar-refractivity contribution in [1.82, 2.24) is 0 Å². The number of aldehydes is 1. The molecule has 0 aliphatic rings. The predicted molar refractivity (Wildman–Crippen MR) is 78.5 cm³/mol. The molecule has 0 saturated heterocycles. The van der Waals surface area contributed by atoms with Gasteiger partial charge >= 0.3 is 0 Å². The van der Waals surface area contributed by atoms with Crippen molar-refractivity contribution >= 4 is 6.29 Å². The summed E-state index contributed by atoms with van der Waals surface area (Å²) in [7, 11) is 3.28. The maximum Gasteiger partial charge on any atom is 0.120 e. The van der Waals surface area contributed by atoms with Crippen LogP contribution in [0.4, 0.5) is 0 Å². The van der Waals surface area contributed by atoms with Crippen molar-refractivity contribution in [3.05, 3.63) is 59.7 Å². The first-order valence-corrected chi connectivity index (χ1v) is 6.50. The summed E-state index contributed by atoms with van der Waals surface area (Å²) in [5, 5.41) is 0. The molecule has 20 heavy (non-hydrogen) atoms. The molecule has 0 aliphatic heterocycles. The Morgan fingerprint density at radius 3 is 2.25 bits per heavy atom. The molecular formula is C17H18O3. The van der Waals surface area contributed by atoms with Crippen LogP contribution in [0.25, 0.3) is 0 Å². The first-order valence-electron chi connectivity index (χ1n) is 6.50. The third kappa shape index (κ3) is 3.18. The molecule has 3 nitrogen and oxygen atoms in total. The van der Waals surface area contributed by atoms with Crippen LogP contribution in [0.1, 0.15) is 23.5 Å². The van der Waals surface area contributed by atoms with Gasteiger partial charge in [-0.25, -0.2) is 0 Å². The number of ether oxygens (including phenoxy) is 2. The smallest absolute Gasteiger partial charge is 0.120 e. The van der Waals surface area contributed by atoms with Gasteiger partial charge in [-0.2, -0.15) is 0 Å². The highest BCUT2D eigenvalue weighted by Crippen LogP contribution is 2.30. The van der Waals surface area contributed by atoms with Gasteiger partial charge in [-0.05, 0) is 35.4 Å². The highest BCUT2D eigenvalue weighted by atomic mass is 16.5. The highest BCUT2D eigenvalue weighted by Gasteiger charge is 2.14. The molecular weight excluding hydrogens is 252 g/mol. The monoisotopic (exact) mass is 270 g/mol. The summed E-state index contributed by atoms with van der Waals surface area (Å²) in [5.41, 5.74) is 2.16. The van der Waals surface area contributed by atoms with Gasteiger partial charge in [0.2, 0.25) is 0 Å². The second-order valence-corrected chi connectivity index (χ2v) is 4.50. The van der Waals surface area contributed by atoms with E-state index in [0.717, 1.165) is 28.9 Å². The third-order valence-corrected chi connectivity index (χ3v) is 3.35. The summed E-state index contributed by atoms with van der Waals surface area (Å²) in [6, 6.07) is 15.6. The van der Waals surface area contributed by atoms with Crippen LogP contribution < -0.4 is 9.47 Å². The van der Waals surface area contributed by atoms with E-state index < -0.39 is 0 Å². The van der Waals surface area contributed by atoms with Crippen molar-refractivity contribution < 1.29 is 14.3 Å². The zero-order valence-corrected chi connectivity index (χ0v) is 11.7.